The minimum atomic E-state index is -0.107. The van der Waals surface area contributed by atoms with E-state index < -0.39 is 0 Å². The molecular weight excluding hydrogens is 410 g/mol. The maximum Gasteiger partial charge on any atom is 0.255 e. The van der Waals surface area contributed by atoms with Crippen LogP contribution in [0.15, 0.2) is 91.3 Å². The molecule has 0 aliphatic rings. The van der Waals surface area contributed by atoms with Gasteiger partial charge in [-0.05, 0) is 48.7 Å². The Morgan fingerprint density at radius 3 is 2.39 bits per heavy atom. The van der Waals surface area contributed by atoms with Crippen molar-refractivity contribution in [2.75, 3.05) is 22.5 Å². The number of nitrogens with one attached hydrogen (secondary N) is 3. The third-order valence-corrected chi connectivity index (χ3v) is 5.14. The van der Waals surface area contributed by atoms with Crippen LogP contribution in [0.2, 0.25) is 0 Å². The highest BCUT2D eigenvalue weighted by Crippen LogP contribution is 2.14. The molecule has 4 rings (SSSR count). The number of hydrogen-bond acceptors (Lipinski definition) is 5. The molecule has 0 aliphatic carbocycles. The minimum Gasteiger partial charge on any atom is -0.368 e. The molecule has 6 heteroatoms. The van der Waals surface area contributed by atoms with Crippen molar-refractivity contribution in [2.45, 2.75) is 19.9 Å². The molecule has 0 aliphatic heterocycles. The molecule has 0 spiro atoms. The van der Waals surface area contributed by atoms with Crippen molar-refractivity contribution in [3.63, 3.8) is 0 Å². The summed E-state index contributed by atoms with van der Waals surface area (Å²) in [4.78, 5) is 21.4. The van der Waals surface area contributed by atoms with E-state index in [4.69, 9.17) is 0 Å². The second-order valence-corrected chi connectivity index (χ2v) is 7.83. The van der Waals surface area contributed by atoms with E-state index in [-0.39, 0.29) is 5.91 Å². The lowest BCUT2D eigenvalue weighted by atomic mass is 10.1. The molecule has 6 nitrogen and oxygen atoms in total. The monoisotopic (exact) mass is 437 g/mol. The molecule has 1 aromatic heterocycles. The first-order valence-electron chi connectivity index (χ1n) is 11.0. The van der Waals surface area contributed by atoms with Crippen LogP contribution in [0.4, 0.5) is 17.3 Å². The van der Waals surface area contributed by atoms with Crippen molar-refractivity contribution in [3.8, 4) is 0 Å². The number of aromatic nitrogens is 2. The number of hydrogen-bond donors (Lipinski definition) is 3. The first-order chi connectivity index (χ1) is 16.2. The number of nitrogens with zero attached hydrogens (tertiary/aromatic N) is 2. The van der Waals surface area contributed by atoms with Gasteiger partial charge in [-0.3, -0.25) is 9.78 Å². The highest BCUT2D eigenvalue weighted by atomic mass is 16.1. The molecule has 3 N–H and O–H groups in total. The summed E-state index contributed by atoms with van der Waals surface area (Å²) < 4.78 is 0. The second kappa shape index (κ2) is 10.9. The lowest BCUT2D eigenvalue weighted by Crippen LogP contribution is -2.12. The van der Waals surface area contributed by atoms with Gasteiger partial charge in [0.25, 0.3) is 5.91 Å². The molecule has 0 atom stereocenters. The van der Waals surface area contributed by atoms with Crippen LogP contribution in [0.3, 0.4) is 0 Å². The van der Waals surface area contributed by atoms with E-state index in [1.165, 1.54) is 5.56 Å². The van der Waals surface area contributed by atoms with Crippen molar-refractivity contribution >= 4 is 23.2 Å². The molecule has 33 heavy (non-hydrogen) atoms. The van der Waals surface area contributed by atoms with E-state index in [1.807, 2.05) is 73.7 Å². The Balaban J connectivity index is 1.29. The Labute approximate surface area is 194 Å². The molecular formula is C27H27N5O. The molecule has 0 saturated heterocycles. The highest BCUT2D eigenvalue weighted by molar-refractivity contribution is 6.04. The van der Waals surface area contributed by atoms with Gasteiger partial charge in [-0.2, -0.15) is 0 Å². The summed E-state index contributed by atoms with van der Waals surface area (Å²) in [7, 11) is 0. The van der Waals surface area contributed by atoms with Gasteiger partial charge >= 0.3 is 0 Å². The molecule has 0 unspecified atom stereocenters. The van der Waals surface area contributed by atoms with Crippen LogP contribution < -0.4 is 16.0 Å². The predicted molar refractivity (Wildman–Crippen MR) is 134 cm³/mol. The number of carbonyl (C=O) groups is 1. The van der Waals surface area contributed by atoms with Crippen LogP contribution in [0.1, 0.15) is 27.0 Å². The number of carbonyl (C=O) groups excluding carboxylic acids is 1. The largest absolute Gasteiger partial charge is 0.368 e. The maximum atomic E-state index is 12.5. The third kappa shape index (κ3) is 6.64. The zero-order chi connectivity index (χ0) is 22.9. The van der Waals surface area contributed by atoms with Crippen molar-refractivity contribution in [1.82, 2.24) is 9.97 Å². The molecule has 1 heterocycles. The number of aryl methyl sites for hydroxylation is 1. The molecule has 1 amide bonds. The summed E-state index contributed by atoms with van der Waals surface area (Å²) in [5.41, 5.74) is 4.81. The van der Waals surface area contributed by atoms with Crippen molar-refractivity contribution in [1.29, 1.82) is 0 Å². The third-order valence-electron chi connectivity index (χ3n) is 5.14. The summed E-state index contributed by atoms with van der Waals surface area (Å²) in [6.45, 7) is 3.37. The van der Waals surface area contributed by atoms with E-state index in [0.717, 1.165) is 34.9 Å². The van der Waals surface area contributed by atoms with E-state index in [2.05, 4.69) is 38.1 Å². The highest BCUT2D eigenvalue weighted by Gasteiger charge is 2.07. The molecule has 4 aromatic rings. The Morgan fingerprint density at radius 1 is 0.818 bits per heavy atom. The van der Waals surface area contributed by atoms with Gasteiger partial charge in [-0.1, -0.05) is 60.2 Å². The van der Waals surface area contributed by atoms with E-state index >= 15 is 0 Å². The predicted octanol–water partition coefficient (Wildman–Crippen LogP) is 5.30. The van der Waals surface area contributed by atoms with Crippen LogP contribution in [0, 0.1) is 6.92 Å². The second-order valence-electron chi connectivity index (χ2n) is 7.83. The van der Waals surface area contributed by atoms with Crippen molar-refractivity contribution in [2.24, 2.45) is 0 Å². The Bertz CT molecular complexity index is 1210. The van der Waals surface area contributed by atoms with Crippen LogP contribution in [0.5, 0.6) is 0 Å². The molecule has 166 valence electrons. The normalized spacial score (nSPS) is 10.5. The molecule has 3 aromatic carbocycles. The Hall–Kier alpha value is -4.19. The van der Waals surface area contributed by atoms with E-state index in [1.54, 1.807) is 12.4 Å². The van der Waals surface area contributed by atoms with Gasteiger partial charge in [0.15, 0.2) is 0 Å². The summed E-state index contributed by atoms with van der Waals surface area (Å²) in [6.07, 6.45) is 4.22. The minimum absolute atomic E-state index is 0.107. The van der Waals surface area contributed by atoms with E-state index in [0.29, 0.717) is 18.7 Å². The smallest absolute Gasteiger partial charge is 0.255 e. The maximum absolute atomic E-state index is 12.5. The molecule has 0 radical (unpaired) electrons. The zero-order valence-corrected chi connectivity index (χ0v) is 18.6. The Morgan fingerprint density at radius 2 is 1.58 bits per heavy atom. The number of rotatable bonds is 9. The van der Waals surface area contributed by atoms with Gasteiger partial charge in [0.1, 0.15) is 11.6 Å². The van der Waals surface area contributed by atoms with Crippen LogP contribution >= 0.6 is 0 Å². The van der Waals surface area contributed by atoms with Crippen molar-refractivity contribution in [3.05, 3.63) is 114 Å². The summed E-state index contributed by atoms with van der Waals surface area (Å²) in [6, 6.07) is 25.6. The van der Waals surface area contributed by atoms with Gasteiger partial charge in [-0.15, -0.1) is 0 Å². The van der Waals surface area contributed by atoms with Gasteiger partial charge in [0, 0.05) is 24.3 Å². The molecule has 0 bridgehead atoms. The van der Waals surface area contributed by atoms with Gasteiger partial charge in [-0.25, -0.2) is 4.98 Å². The van der Waals surface area contributed by atoms with E-state index in [9.17, 15) is 4.79 Å². The van der Waals surface area contributed by atoms with Crippen molar-refractivity contribution < 1.29 is 4.79 Å². The average molecular weight is 438 g/mol. The molecule has 0 saturated carbocycles. The number of benzene rings is 3. The standard InChI is InChI=1S/C27H27N5O/c1-20-7-5-11-23(15-20)27(33)31-24-12-6-10-21(16-24)13-14-29-25-18-28-19-26(32-25)30-17-22-8-3-2-4-9-22/h2-12,15-16,18-19H,13-14,17H2,1H3,(H,31,33)(H2,29,30,32). The van der Waals surface area contributed by atoms with Gasteiger partial charge in [0.2, 0.25) is 0 Å². The first-order valence-corrected chi connectivity index (χ1v) is 11.0. The zero-order valence-electron chi connectivity index (χ0n) is 18.6. The van der Waals surface area contributed by atoms with Crippen LogP contribution in [-0.4, -0.2) is 22.4 Å². The number of amides is 1. The number of anilines is 3. The summed E-state index contributed by atoms with van der Waals surface area (Å²) in [5.74, 6) is 1.34. The van der Waals surface area contributed by atoms with Crippen LogP contribution in [-0.2, 0) is 13.0 Å². The SMILES string of the molecule is Cc1cccc(C(=O)Nc2cccc(CCNc3cncc(NCc4ccccc4)n3)c2)c1. The van der Waals surface area contributed by atoms with Gasteiger partial charge in [0.05, 0.1) is 12.4 Å². The fourth-order valence-corrected chi connectivity index (χ4v) is 3.45. The fraction of sp³-hybridized carbons (Fsp3) is 0.148. The fourth-order valence-electron chi connectivity index (χ4n) is 3.45. The topological polar surface area (TPSA) is 78.9 Å². The molecule has 0 fully saturated rings. The Kier molecular flexibility index (Phi) is 7.28. The first kappa shape index (κ1) is 22.0. The lowest BCUT2D eigenvalue weighted by molar-refractivity contribution is 0.102. The summed E-state index contributed by atoms with van der Waals surface area (Å²) >= 11 is 0. The average Bonchev–Trinajstić information content (AvgIpc) is 2.84. The summed E-state index contributed by atoms with van der Waals surface area (Å²) in [5, 5.41) is 9.60. The lowest BCUT2D eigenvalue weighted by Gasteiger charge is -2.10. The quantitative estimate of drug-likeness (QED) is 0.331. The van der Waals surface area contributed by atoms with Crippen LogP contribution in [0.25, 0.3) is 0 Å². The van der Waals surface area contributed by atoms with Gasteiger partial charge < -0.3 is 16.0 Å².